The smallest absolute Gasteiger partial charge is 0.164 e. The predicted molar refractivity (Wildman–Crippen MR) is 203 cm³/mol. The van der Waals surface area contributed by atoms with Crippen molar-refractivity contribution in [2.24, 2.45) is 0 Å². The highest BCUT2D eigenvalue weighted by Crippen LogP contribution is 2.41. The summed E-state index contributed by atoms with van der Waals surface area (Å²) in [6.45, 7) is 0. The number of hydrogen-bond donors (Lipinski definition) is 0. The first-order valence-electron chi connectivity index (χ1n) is 19.6. The van der Waals surface area contributed by atoms with Crippen molar-refractivity contribution in [3.05, 3.63) is 170 Å². The molecule has 3 heterocycles. The molecule has 0 amide bonds. The fourth-order valence-corrected chi connectivity index (χ4v) is 6.61. The van der Waals surface area contributed by atoms with Crippen LogP contribution in [0.1, 0.15) is 9.60 Å². The Morgan fingerprint density at radius 2 is 1.00 bits per heavy atom. The van der Waals surface area contributed by atoms with Gasteiger partial charge in [0.05, 0.1) is 26.3 Å². The molecular weight excluding hydrogens is 613 g/mol. The fraction of sp³-hybridized carbons (Fsp3) is 0. The number of nitrogens with zero attached hydrogens (tertiary/aromatic N) is 4. The van der Waals surface area contributed by atoms with Crippen LogP contribution >= 0.6 is 0 Å². The second kappa shape index (κ2) is 11.4. The van der Waals surface area contributed by atoms with Crippen LogP contribution in [0.3, 0.4) is 0 Å². The van der Waals surface area contributed by atoms with Crippen LogP contribution in [-0.4, -0.2) is 19.5 Å². The molecule has 0 saturated heterocycles. The van der Waals surface area contributed by atoms with Gasteiger partial charge in [-0.2, -0.15) is 0 Å². The van der Waals surface area contributed by atoms with Crippen LogP contribution in [-0.2, 0) is 0 Å². The van der Waals surface area contributed by atoms with Crippen LogP contribution in [0.15, 0.2) is 174 Å². The molecule has 0 fully saturated rings. The van der Waals surface area contributed by atoms with Gasteiger partial charge in [0, 0.05) is 43.8 Å². The van der Waals surface area contributed by atoms with Crippen LogP contribution < -0.4 is 0 Å². The quantitative estimate of drug-likeness (QED) is 0.186. The van der Waals surface area contributed by atoms with E-state index in [1.165, 1.54) is 0 Å². The lowest BCUT2D eigenvalue weighted by Crippen LogP contribution is -2.00. The van der Waals surface area contributed by atoms with E-state index >= 15 is 0 Å². The first-order valence-corrected chi connectivity index (χ1v) is 16.1. The first-order chi connectivity index (χ1) is 27.7. The van der Waals surface area contributed by atoms with Crippen molar-refractivity contribution in [3.8, 4) is 51.0 Å². The van der Waals surface area contributed by atoms with Crippen molar-refractivity contribution in [2.75, 3.05) is 0 Å². The summed E-state index contributed by atoms with van der Waals surface area (Å²) in [4.78, 5) is 14.3. The van der Waals surface area contributed by atoms with Gasteiger partial charge in [-0.05, 0) is 35.8 Å². The third-order valence-electron chi connectivity index (χ3n) is 8.91. The van der Waals surface area contributed by atoms with Gasteiger partial charge in [-0.25, -0.2) is 15.0 Å². The van der Waals surface area contributed by atoms with E-state index in [0.29, 0.717) is 39.6 Å². The molecule has 0 radical (unpaired) electrons. The molecule has 0 aliphatic rings. The zero-order valence-electron chi connectivity index (χ0n) is 33.3. The highest BCUT2D eigenvalue weighted by atomic mass is 16.3. The lowest BCUT2D eigenvalue weighted by atomic mass is 10.0. The largest absolute Gasteiger partial charge is 0.453 e. The van der Waals surface area contributed by atoms with Crippen molar-refractivity contribution >= 4 is 43.7 Å². The molecule has 0 bridgehead atoms. The Balaban J connectivity index is 1.33. The molecule has 5 nitrogen and oxygen atoms in total. The van der Waals surface area contributed by atoms with Gasteiger partial charge in [-0.1, -0.05) is 139 Å². The van der Waals surface area contributed by atoms with Crippen molar-refractivity contribution in [1.82, 2.24) is 19.5 Å². The van der Waals surface area contributed by atoms with Gasteiger partial charge in [0.1, 0.15) is 5.58 Å². The van der Waals surface area contributed by atoms with E-state index in [0.717, 1.165) is 21.9 Å². The van der Waals surface area contributed by atoms with E-state index in [2.05, 4.69) is 0 Å². The topological polar surface area (TPSA) is 56.7 Å². The molecule has 234 valence electrons. The normalized spacial score (nSPS) is 13.6. The molecule has 0 aliphatic heterocycles. The van der Waals surface area contributed by atoms with Crippen LogP contribution in [0, 0.1) is 0 Å². The number of fused-ring (bicyclic) bond motifs is 6. The van der Waals surface area contributed by atoms with E-state index in [1.807, 2.05) is 121 Å². The maximum atomic E-state index is 9.79. The Kier molecular flexibility index (Phi) is 4.99. The summed E-state index contributed by atoms with van der Waals surface area (Å²) >= 11 is 0. The highest BCUT2D eigenvalue weighted by molar-refractivity contribution is 6.14. The van der Waals surface area contributed by atoms with Gasteiger partial charge in [-0.15, -0.1) is 0 Å². The molecule has 50 heavy (non-hydrogen) atoms. The Hall–Kier alpha value is -6.85. The monoisotopic (exact) mass is 647 g/mol. The van der Waals surface area contributed by atoms with E-state index < -0.39 is 12.1 Å². The molecule has 0 N–H and O–H groups in total. The molecule has 0 atom stereocenters. The third kappa shape index (κ3) is 4.52. The average Bonchev–Trinajstić information content (AvgIpc) is 3.82. The van der Waals surface area contributed by atoms with Crippen LogP contribution in [0.25, 0.3) is 94.7 Å². The molecule has 0 unspecified atom stereocenters. The maximum Gasteiger partial charge on any atom is 0.164 e. The number of benzene rings is 7. The molecule has 0 aliphatic carbocycles. The molecule has 10 rings (SSSR count). The summed E-state index contributed by atoms with van der Waals surface area (Å²) in [5.74, 6) is 0.601. The number of rotatable bonds is 5. The van der Waals surface area contributed by atoms with Crippen LogP contribution in [0.4, 0.5) is 0 Å². The zero-order chi connectivity index (χ0) is 39.1. The fourth-order valence-electron chi connectivity index (χ4n) is 6.61. The van der Waals surface area contributed by atoms with Gasteiger partial charge < -0.3 is 8.98 Å². The summed E-state index contributed by atoms with van der Waals surface area (Å²) < 4.78 is 73.0. The second-order valence-corrected chi connectivity index (χ2v) is 11.9. The van der Waals surface area contributed by atoms with Gasteiger partial charge in [-0.3, -0.25) is 0 Å². The second-order valence-electron chi connectivity index (χ2n) is 11.9. The molecule has 3 aromatic heterocycles. The lowest BCUT2D eigenvalue weighted by molar-refractivity contribution is 0.667. The minimum absolute atomic E-state index is 0.0114. The molecule has 7 aromatic carbocycles. The molecule has 0 spiro atoms. The minimum atomic E-state index is -0.485. The van der Waals surface area contributed by atoms with Crippen molar-refractivity contribution in [3.63, 3.8) is 0 Å². The summed E-state index contributed by atoms with van der Waals surface area (Å²) in [6, 6.07) is 37.2. The summed E-state index contributed by atoms with van der Waals surface area (Å²) in [5.41, 5.74) is 4.68. The van der Waals surface area contributed by atoms with Crippen molar-refractivity contribution in [2.45, 2.75) is 0 Å². The zero-order valence-corrected chi connectivity index (χ0v) is 26.3. The molecule has 10 aromatic rings. The van der Waals surface area contributed by atoms with Crippen molar-refractivity contribution in [1.29, 1.82) is 0 Å². The number of hydrogen-bond acceptors (Lipinski definition) is 4. The van der Waals surface area contributed by atoms with Gasteiger partial charge >= 0.3 is 0 Å². The van der Waals surface area contributed by atoms with E-state index in [9.17, 15) is 6.85 Å². The Morgan fingerprint density at radius 3 is 1.68 bits per heavy atom. The Morgan fingerprint density at radius 1 is 0.440 bits per heavy atom. The lowest BCUT2D eigenvalue weighted by Gasteiger charge is -2.10. The van der Waals surface area contributed by atoms with Gasteiger partial charge in [0.2, 0.25) is 0 Å². The summed E-state index contributed by atoms with van der Waals surface area (Å²) in [6.07, 6.45) is 0. The van der Waals surface area contributed by atoms with E-state index in [1.54, 1.807) is 10.6 Å². The summed E-state index contributed by atoms with van der Waals surface area (Å²) in [5, 5.41) is 1.69. The predicted octanol–water partition coefficient (Wildman–Crippen LogP) is 11.5. The van der Waals surface area contributed by atoms with Gasteiger partial charge in [0.15, 0.2) is 23.1 Å². The van der Waals surface area contributed by atoms with Crippen LogP contribution in [0.5, 0.6) is 0 Å². The average molecular weight is 648 g/mol. The number of furan rings is 1. The number of para-hydroxylation sites is 3. The Labute approximate surface area is 297 Å². The minimum Gasteiger partial charge on any atom is -0.453 e. The Bertz CT molecular complexity index is 3200. The molecule has 0 saturated carbocycles. The van der Waals surface area contributed by atoms with E-state index in [4.69, 9.17) is 22.1 Å². The number of aromatic nitrogens is 4. The highest BCUT2D eigenvalue weighted by Gasteiger charge is 2.20. The van der Waals surface area contributed by atoms with Crippen molar-refractivity contribution < 1.29 is 14.0 Å². The molecular formula is C45H28N4O. The van der Waals surface area contributed by atoms with Gasteiger partial charge in [0.25, 0.3) is 0 Å². The molecule has 5 heteroatoms. The summed E-state index contributed by atoms with van der Waals surface area (Å²) in [7, 11) is 0. The van der Waals surface area contributed by atoms with E-state index in [-0.39, 0.29) is 63.4 Å². The maximum absolute atomic E-state index is 9.79. The third-order valence-corrected chi connectivity index (χ3v) is 8.91. The SMILES string of the molecule is [2H]c1c([2H])c([2H])c2c(c1[2H])c1c([2H])c(-c3nc(-c4ccccc4)nc(-c4ccccc4)n3)c([2H])c([2H])c1n2-c1cccc2c1oc1c(-c3ccccc3)cccc12. The first kappa shape index (κ1) is 21.9. The standard InChI is InChI=1S/C45H28N4O/c1-4-14-29(15-5-1)33-21-12-22-35-36-23-13-25-40(42(36)50-41(33)35)49-38-24-11-10-20-34(38)37-28-32(26-27-39(37)49)45-47-43(30-16-6-2-7-17-30)46-44(48-45)31-18-8-3-9-19-31/h1-28H/i10D,11D,20D,24D,26D,27D,28D. The van der Waals surface area contributed by atoms with Crippen LogP contribution in [0.2, 0.25) is 0 Å².